The molecule has 6 nitrogen and oxygen atoms in total. The van der Waals surface area contributed by atoms with Gasteiger partial charge in [-0.05, 0) is 55.7 Å². The molecule has 27 heavy (non-hydrogen) atoms. The lowest BCUT2D eigenvalue weighted by Gasteiger charge is -2.30. The van der Waals surface area contributed by atoms with Gasteiger partial charge in [0.1, 0.15) is 5.82 Å². The Morgan fingerprint density at radius 2 is 1.85 bits per heavy atom. The lowest BCUT2D eigenvalue weighted by molar-refractivity contribution is 0.0716. The Morgan fingerprint density at radius 1 is 1.19 bits per heavy atom. The lowest BCUT2D eigenvalue weighted by Crippen LogP contribution is -2.43. The van der Waals surface area contributed by atoms with E-state index in [0.717, 1.165) is 12.1 Å². The molecule has 1 aliphatic heterocycles. The molecule has 1 heterocycles. The molecule has 1 saturated heterocycles. The Morgan fingerprint density at radius 3 is 2.52 bits per heavy atom. The van der Waals surface area contributed by atoms with Crippen LogP contribution in [0.2, 0.25) is 0 Å². The van der Waals surface area contributed by atoms with Gasteiger partial charge >= 0.3 is 0 Å². The summed E-state index contributed by atoms with van der Waals surface area (Å²) in [7, 11) is -3.96. The van der Waals surface area contributed by atoms with E-state index in [9.17, 15) is 17.6 Å². The van der Waals surface area contributed by atoms with Crippen LogP contribution in [0.25, 0.3) is 0 Å². The number of amides is 1. The van der Waals surface area contributed by atoms with Gasteiger partial charge in [0.15, 0.2) is 0 Å². The van der Waals surface area contributed by atoms with Gasteiger partial charge in [0, 0.05) is 19.1 Å². The number of nitrogens with two attached hydrogens (primary N) is 1. The second kappa shape index (κ2) is 7.66. The van der Waals surface area contributed by atoms with Gasteiger partial charge in [-0.15, -0.1) is 0 Å². The maximum atomic E-state index is 13.3. The normalized spacial score (nSPS) is 15.6. The summed E-state index contributed by atoms with van der Waals surface area (Å²) in [6.07, 6.45) is 1.43. The summed E-state index contributed by atoms with van der Waals surface area (Å²) in [5, 5.41) is 0. The summed E-state index contributed by atoms with van der Waals surface area (Å²) in [4.78, 5) is 14.5. The number of benzene rings is 2. The molecule has 0 atom stereocenters. The molecule has 144 valence electrons. The standard InChI is InChI=1S/C19H22FN3O3S/c1-13-12-14(20)6-7-18(13)27(25,26)22-17-5-3-2-4-16(17)19(24)23-10-8-15(21)9-11-23/h2-7,12,15,22H,8-11,21H2,1H3. The number of sulfonamides is 1. The second-order valence-electron chi connectivity index (χ2n) is 6.69. The van der Waals surface area contributed by atoms with Crippen molar-refractivity contribution < 1.29 is 17.6 Å². The fraction of sp³-hybridized carbons (Fsp3) is 0.316. The van der Waals surface area contributed by atoms with Crippen molar-refractivity contribution >= 4 is 21.6 Å². The van der Waals surface area contributed by atoms with Crippen molar-refractivity contribution in [3.05, 3.63) is 59.4 Å². The minimum Gasteiger partial charge on any atom is -0.338 e. The number of carbonyl (C=O) groups excluding carboxylic acids is 1. The molecule has 1 amide bonds. The summed E-state index contributed by atoms with van der Waals surface area (Å²) in [6, 6.07) is 10.0. The van der Waals surface area contributed by atoms with Crippen LogP contribution in [0.15, 0.2) is 47.4 Å². The van der Waals surface area contributed by atoms with Gasteiger partial charge in [-0.1, -0.05) is 12.1 Å². The quantitative estimate of drug-likeness (QED) is 0.838. The minimum absolute atomic E-state index is 0.0323. The summed E-state index contributed by atoms with van der Waals surface area (Å²) in [6.45, 7) is 2.60. The smallest absolute Gasteiger partial charge is 0.262 e. The number of hydrogen-bond acceptors (Lipinski definition) is 4. The number of likely N-dealkylation sites (tertiary alicyclic amines) is 1. The zero-order valence-corrected chi connectivity index (χ0v) is 15.8. The van der Waals surface area contributed by atoms with Crippen LogP contribution in [0.5, 0.6) is 0 Å². The number of piperidine rings is 1. The van der Waals surface area contributed by atoms with Crippen LogP contribution in [-0.4, -0.2) is 38.4 Å². The number of hydrogen-bond donors (Lipinski definition) is 2. The van der Waals surface area contributed by atoms with E-state index >= 15 is 0 Å². The van der Waals surface area contributed by atoms with Crippen molar-refractivity contribution in [2.24, 2.45) is 5.73 Å². The highest BCUT2D eigenvalue weighted by Crippen LogP contribution is 2.24. The van der Waals surface area contributed by atoms with Gasteiger partial charge < -0.3 is 10.6 Å². The van der Waals surface area contributed by atoms with Crippen molar-refractivity contribution in [3.8, 4) is 0 Å². The fourth-order valence-corrected chi connectivity index (χ4v) is 4.45. The van der Waals surface area contributed by atoms with E-state index < -0.39 is 15.8 Å². The first-order valence-corrected chi connectivity index (χ1v) is 10.2. The minimum atomic E-state index is -3.96. The molecule has 1 fully saturated rings. The Balaban J connectivity index is 1.88. The fourth-order valence-electron chi connectivity index (χ4n) is 3.15. The Bertz CT molecular complexity index is 954. The number of aryl methyl sites for hydroxylation is 1. The lowest BCUT2D eigenvalue weighted by atomic mass is 10.0. The maximum Gasteiger partial charge on any atom is 0.262 e. The van der Waals surface area contributed by atoms with Crippen molar-refractivity contribution in [2.45, 2.75) is 30.7 Å². The van der Waals surface area contributed by atoms with E-state index in [4.69, 9.17) is 5.73 Å². The number of rotatable bonds is 4. The van der Waals surface area contributed by atoms with Crippen LogP contribution in [0.1, 0.15) is 28.8 Å². The van der Waals surface area contributed by atoms with E-state index in [1.54, 1.807) is 29.2 Å². The highest BCUT2D eigenvalue weighted by molar-refractivity contribution is 7.92. The van der Waals surface area contributed by atoms with Crippen LogP contribution < -0.4 is 10.5 Å². The van der Waals surface area contributed by atoms with E-state index in [1.165, 1.54) is 13.0 Å². The average molecular weight is 391 g/mol. The van der Waals surface area contributed by atoms with E-state index in [-0.39, 0.29) is 33.7 Å². The predicted molar refractivity (Wildman–Crippen MR) is 102 cm³/mol. The molecule has 8 heteroatoms. The van der Waals surface area contributed by atoms with E-state index in [2.05, 4.69) is 4.72 Å². The van der Waals surface area contributed by atoms with Crippen LogP contribution >= 0.6 is 0 Å². The predicted octanol–water partition coefficient (Wildman–Crippen LogP) is 2.50. The Hall–Kier alpha value is -2.45. The first kappa shape index (κ1) is 19.3. The number of nitrogens with zero attached hydrogens (tertiary/aromatic N) is 1. The number of para-hydroxylation sites is 1. The first-order chi connectivity index (χ1) is 12.8. The van der Waals surface area contributed by atoms with E-state index in [1.807, 2.05) is 0 Å². The topological polar surface area (TPSA) is 92.5 Å². The summed E-state index contributed by atoms with van der Waals surface area (Å²) < 4.78 is 41.3. The van der Waals surface area contributed by atoms with Crippen molar-refractivity contribution in [1.82, 2.24) is 4.90 Å². The molecule has 3 rings (SSSR count). The molecule has 0 aliphatic carbocycles. The zero-order valence-electron chi connectivity index (χ0n) is 15.0. The number of anilines is 1. The molecule has 0 radical (unpaired) electrons. The van der Waals surface area contributed by atoms with Crippen LogP contribution in [0.4, 0.5) is 10.1 Å². The summed E-state index contributed by atoms with van der Waals surface area (Å²) in [5.74, 6) is -0.749. The largest absolute Gasteiger partial charge is 0.338 e. The molecular weight excluding hydrogens is 369 g/mol. The zero-order chi connectivity index (χ0) is 19.6. The van der Waals surface area contributed by atoms with Gasteiger partial charge in [-0.2, -0.15) is 0 Å². The molecule has 2 aromatic rings. The van der Waals surface area contributed by atoms with Gasteiger partial charge in [0.05, 0.1) is 16.1 Å². The SMILES string of the molecule is Cc1cc(F)ccc1S(=O)(=O)Nc1ccccc1C(=O)N1CCC(N)CC1. The molecule has 2 aromatic carbocycles. The van der Waals surface area contributed by atoms with Crippen LogP contribution in [-0.2, 0) is 10.0 Å². The molecule has 0 spiro atoms. The molecule has 0 unspecified atom stereocenters. The molecule has 3 N–H and O–H groups in total. The van der Waals surface area contributed by atoms with Crippen molar-refractivity contribution in [1.29, 1.82) is 0 Å². The van der Waals surface area contributed by atoms with Crippen molar-refractivity contribution in [3.63, 3.8) is 0 Å². The van der Waals surface area contributed by atoms with Crippen LogP contribution in [0.3, 0.4) is 0 Å². The Kier molecular flexibility index (Phi) is 5.48. The summed E-state index contributed by atoms with van der Waals surface area (Å²) in [5.41, 5.74) is 6.64. The Labute approximate surface area is 158 Å². The third-order valence-electron chi connectivity index (χ3n) is 4.66. The van der Waals surface area contributed by atoms with Gasteiger partial charge in [0.25, 0.3) is 15.9 Å². The van der Waals surface area contributed by atoms with Crippen molar-refractivity contribution in [2.75, 3.05) is 17.8 Å². The molecule has 0 aromatic heterocycles. The highest BCUT2D eigenvalue weighted by Gasteiger charge is 2.25. The molecule has 0 bridgehead atoms. The first-order valence-electron chi connectivity index (χ1n) is 8.71. The third-order valence-corrected chi connectivity index (χ3v) is 6.18. The third kappa shape index (κ3) is 4.28. The van der Waals surface area contributed by atoms with Gasteiger partial charge in [-0.25, -0.2) is 12.8 Å². The van der Waals surface area contributed by atoms with Gasteiger partial charge in [-0.3, -0.25) is 9.52 Å². The summed E-state index contributed by atoms with van der Waals surface area (Å²) >= 11 is 0. The van der Waals surface area contributed by atoms with E-state index in [0.29, 0.717) is 25.9 Å². The van der Waals surface area contributed by atoms with Gasteiger partial charge in [0.2, 0.25) is 0 Å². The van der Waals surface area contributed by atoms with Crippen LogP contribution in [0, 0.1) is 12.7 Å². The number of carbonyl (C=O) groups is 1. The monoisotopic (exact) mass is 391 g/mol. The molecule has 0 saturated carbocycles. The number of halogens is 1. The second-order valence-corrected chi connectivity index (χ2v) is 8.34. The highest BCUT2D eigenvalue weighted by atomic mass is 32.2. The molecule has 1 aliphatic rings. The average Bonchev–Trinajstić information content (AvgIpc) is 2.61. The molecular formula is C19H22FN3O3S. The number of nitrogens with one attached hydrogen (secondary N) is 1. The maximum absolute atomic E-state index is 13.3.